The Morgan fingerprint density at radius 1 is 1.06 bits per heavy atom. The van der Waals surface area contributed by atoms with E-state index in [9.17, 15) is 4.79 Å². The molecule has 0 saturated heterocycles. The number of ether oxygens (including phenoxy) is 1. The molecule has 4 atom stereocenters. The molecule has 0 bridgehead atoms. The van der Waals surface area contributed by atoms with Gasteiger partial charge in [0.1, 0.15) is 5.75 Å². The van der Waals surface area contributed by atoms with Gasteiger partial charge < -0.3 is 4.74 Å². The summed E-state index contributed by atoms with van der Waals surface area (Å²) in [6.45, 7) is 11.7. The van der Waals surface area contributed by atoms with Crippen molar-refractivity contribution in [1.82, 2.24) is 0 Å². The van der Waals surface area contributed by atoms with Gasteiger partial charge in [0.05, 0.1) is 5.56 Å². The van der Waals surface area contributed by atoms with Crippen LogP contribution in [0, 0.1) is 30.1 Å². The van der Waals surface area contributed by atoms with Gasteiger partial charge in [0.15, 0.2) is 0 Å². The van der Waals surface area contributed by atoms with Crippen molar-refractivity contribution in [3.63, 3.8) is 0 Å². The van der Waals surface area contributed by atoms with E-state index in [4.69, 9.17) is 4.74 Å². The molecule has 1 fully saturated rings. The highest BCUT2D eigenvalue weighted by Gasteiger charge is 2.49. The maximum absolute atomic E-state index is 12.6. The maximum atomic E-state index is 12.6. The molecule has 0 N–H and O–H groups in total. The second-order valence-electron chi connectivity index (χ2n) is 10.7. The third kappa shape index (κ3) is 4.29. The molecule has 0 aromatic heterocycles. The van der Waals surface area contributed by atoms with Gasteiger partial charge in [-0.1, -0.05) is 83.4 Å². The molecule has 2 heteroatoms. The fourth-order valence-corrected chi connectivity index (χ4v) is 6.26. The minimum atomic E-state index is -0.297. The van der Waals surface area contributed by atoms with E-state index in [1.165, 1.54) is 43.2 Å². The molecular weight excluding hydrogens is 392 g/mol. The van der Waals surface area contributed by atoms with E-state index >= 15 is 0 Å². The number of carbonyl (C=O) groups excluding carboxylic acids is 1. The summed E-state index contributed by atoms with van der Waals surface area (Å²) in [7, 11) is 0. The molecule has 0 unspecified atom stereocenters. The van der Waals surface area contributed by atoms with Crippen LogP contribution in [-0.4, -0.2) is 5.97 Å². The summed E-state index contributed by atoms with van der Waals surface area (Å²) in [4.78, 5) is 12.6. The van der Waals surface area contributed by atoms with Crippen LogP contribution in [0.2, 0.25) is 0 Å². The Kier molecular flexibility index (Phi) is 6.60. The Morgan fingerprint density at radius 3 is 2.53 bits per heavy atom. The molecule has 2 aromatic carbocycles. The van der Waals surface area contributed by atoms with Crippen LogP contribution in [0.3, 0.4) is 0 Å². The second-order valence-corrected chi connectivity index (χ2v) is 10.7. The third-order valence-corrected chi connectivity index (χ3v) is 8.14. The van der Waals surface area contributed by atoms with Crippen LogP contribution in [0.5, 0.6) is 5.75 Å². The highest BCUT2D eigenvalue weighted by atomic mass is 16.5. The van der Waals surface area contributed by atoms with Crippen molar-refractivity contribution in [2.45, 2.75) is 72.6 Å². The van der Waals surface area contributed by atoms with Gasteiger partial charge in [0.2, 0.25) is 0 Å². The number of rotatable bonds is 7. The molecule has 0 heterocycles. The van der Waals surface area contributed by atoms with E-state index in [1.54, 1.807) is 12.1 Å². The SMILES string of the molecule is Cc1c(OC(=O)c2ccccc2)ccc2c1C=C[C@]1(C)[C@@H]2CC[C@H]1[C@H](C)CCCC(C)C. The molecule has 2 aromatic rings. The largest absolute Gasteiger partial charge is 0.423 e. The van der Waals surface area contributed by atoms with E-state index in [-0.39, 0.29) is 11.4 Å². The Hall–Kier alpha value is -2.35. The van der Waals surface area contributed by atoms with E-state index in [2.05, 4.69) is 52.8 Å². The fourth-order valence-electron chi connectivity index (χ4n) is 6.26. The lowest BCUT2D eigenvalue weighted by Gasteiger charge is -2.41. The quantitative estimate of drug-likeness (QED) is 0.327. The average molecular weight is 431 g/mol. The van der Waals surface area contributed by atoms with E-state index in [1.807, 2.05) is 24.3 Å². The monoisotopic (exact) mass is 430 g/mol. The maximum Gasteiger partial charge on any atom is 0.343 e. The van der Waals surface area contributed by atoms with E-state index in [0.29, 0.717) is 17.2 Å². The Bertz CT molecular complexity index is 987. The first-order chi connectivity index (χ1) is 15.3. The lowest BCUT2D eigenvalue weighted by atomic mass is 9.63. The zero-order valence-electron chi connectivity index (χ0n) is 20.4. The van der Waals surface area contributed by atoms with Crippen LogP contribution in [0.25, 0.3) is 6.08 Å². The predicted octanol–water partition coefficient (Wildman–Crippen LogP) is 8.20. The predicted molar refractivity (Wildman–Crippen MR) is 133 cm³/mol. The van der Waals surface area contributed by atoms with Gasteiger partial charge in [-0.2, -0.15) is 0 Å². The summed E-state index contributed by atoms with van der Waals surface area (Å²) < 4.78 is 5.78. The first-order valence-corrected chi connectivity index (χ1v) is 12.4. The lowest BCUT2D eigenvalue weighted by molar-refractivity contribution is 0.0733. The normalized spacial score (nSPS) is 24.8. The van der Waals surface area contributed by atoms with Crippen LogP contribution in [-0.2, 0) is 0 Å². The van der Waals surface area contributed by atoms with E-state index in [0.717, 1.165) is 23.3 Å². The molecule has 32 heavy (non-hydrogen) atoms. The second kappa shape index (κ2) is 9.25. The molecule has 2 nitrogen and oxygen atoms in total. The smallest absolute Gasteiger partial charge is 0.343 e. The molecule has 0 aliphatic heterocycles. The van der Waals surface area contributed by atoms with Crippen molar-refractivity contribution < 1.29 is 9.53 Å². The molecular formula is C30H38O2. The molecule has 1 saturated carbocycles. The van der Waals surface area contributed by atoms with Gasteiger partial charge in [-0.15, -0.1) is 0 Å². The van der Waals surface area contributed by atoms with Gasteiger partial charge in [-0.3, -0.25) is 0 Å². The van der Waals surface area contributed by atoms with Crippen LogP contribution < -0.4 is 4.74 Å². The Morgan fingerprint density at radius 2 is 1.81 bits per heavy atom. The van der Waals surface area contributed by atoms with E-state index < -0.39 is 0 Å². The van der Waals surface area contributed by atoms with Gasteiger partial charge >= 0.3 is 5.97 Å². The summed E-state index contributed by atoms with van der Waals surface area (Å²) in [5.74, 6) is 3.21. The highest BCUT2D eigenvalue weighted by Crippen LogP contribution is 2.60. The Balaban J connectivity index is 1.53. The third-order valence-electron chi connectivity index (χ3n) is 8.14. The summed E-state index contributed by atoms with van der Waals surface area (Å²) in [6.07, 6.45) is 11.3. The molecule has 2 aliphatic rings. The highest BCUT2D eigenvalue weighted by molar-refractivity contribution is 5.91. The van der Waals surface area contributed by atoms with Gasteiger partial charge in [0, 0.05) is 0 Å². The zero-order valence-corrected chi connectivity index (χ0v) is 20.4. The fraction of sp³-hybridized carbons (Fsp3) is 0.500. The van der Waals surface area contributed by atoms with Gasteiger partial charge in [0.25, 0.3) is 0 Å². The molecule has 2 aliphatic carbocycles. The van der Waals surface area contributed by atoms with Crippen LogP contribution in [0.4, 0.5) is 0 Å². The minimum Gasteiger partial charge on any atom is -0.423 e. The topological polar surface area (TPSA) is 26.3 Å². The number of allylic oxidation sites excluding steroid dienone is 1. The van der Waals surface area contributed by atoms with Crippen molar-refractivity contribution in [2.24, 2.45) is 23.2 Å². The van der Waals surface area contributed by atoms with Crippen molar-refractivity contribution in [3.8, 4) is 5.75 Å². The average Bonchev–Trinajstić information content (AvgIpc) is 3.13. The van der Waals surface area contributed by atoms with Gasteiger partial charge in [-0.25, -0.2) is 4.79 Å². The number of hydrogen-bond donors (Lipinski definition) is 0. The molecule has 170 valence electrons. The minimum absolute atomic E-state index is 0.221. The van der Waals surface area contributed by atoms with Crippen molar-refractivity contribution in [3.05, 3.63) is 70.8 Å². The van der Waals surface area contributed by atoms with Gasteiger partial charge in [-0.05, 0) is 83.7 Å². The Labute approximate surface area is 194 Å². The van der Waals surface area contributed by atoms with Crippen LogP contribution in [0.1, 0.15) is 92.8 Å². The summed E-state index contributed by atoms with van der Waals surface area (Å²) in [5, 5.41) is 0. The lowest BCUT2D eigenvalue weighted by Crippen LogP contribution is -2.31. The standard InChI is InChI=1S/C30H38O2/c1-20(2)10-9-11-21(3)26-15-16-27-25-14-17-28(22(4)24(25)18-19-30(26,27)5)32-29(31)23-12-7-6-8-13-23/h6-8,12-14,17-21,26-27H,9-11,15-16H2,1-5H3/t21-,26+,27-,30+/m1/s1. The number of benzene rings is 2. The zero-order chi connectivity index (χ0) is 22.9. The van der Waals surface area contributed by atoms with Crippen LogP contribution in [0.15, 0.2) is 48.5 Å². The molecule has 0 radical (unpaired) electrons. The number of esters is 1. The first-order valence-electron chi connectivity index (χ1n) is 12.4. The molecule has 0 amide bonds. The summed E-state index contributed by atoms with van der Waals surface area (Å²) in [6, 6.07) is 13.4. The van der Waals surface area contributed by atoms with Crippen molar-refractivity contribution in [2.75, 3.05) is 0 Å². The number of hydrogen-bond acceptors (Lipinski definition) is 2. The van der Waals surface area contributed by atoms with Crippen molar-refractivity contribution >= 4 is 12.0 Å². The number of carbonyl (C=O) groups is 1. The van der Waals surface area contributed by atoms with Crippen molar-refractivity contribution in [1.29, 1.82) is 0 Å². The number of fused-ring (bicyclic) bond motifs is 3. The van der Waals surface area contributed by atoms with Crippen LogP contribution >= 0.6 is 0 Å². The molecule has 4 rings (SSSR count). The first kappa shape index (κ1) is 22.8. The summed E-state index contributed by atoms with van der Waals surface area (Å²) in [5.41, 5.74) is 4.55. The molecule has 0 spiro atoms. The summed E-state index contributed by atoms with van der Waals surface area (Å²) >= 11 is 0.